The van der Waals surface area contributed by atoms with Gasteiger partial charge in [-0.05, 0) is 30.2 Å². The van der Waals surface area contributed by atoms with Crippen LogP contribution in [0.2, 0.25) is 0 Å². The molecular weight excluding hydrogens is 374 g/mol. The number of nitrogens with zero attached hydrogens (tertiary/aromatic N) is 2. The second-order valence-corrected chi connectivity index (χ2v) is 7.33. The average molecular weight is 397 g/mol. The van der Waals surface area contributed by atoms with Crippen LogP contribution >= 0.6 is 0 Å². The van der Waals surface area contributed by atoms with Crippen molar-refractivity contribution >= 4 is 28.9 Å². The Morgan fingerprint density at radius 1 is 0.967 bits per heavy atom. The lowest BCUT2D eigenvalue weighted by atomic mass is 10.1. The van der Waals surface area contributed by atoms with Crippen LogP contribution in [0.3, 0.4) is 0 Å². The number of carbonyl (C=O) groups excluding carboxylic acids is 2. The van der Waals surface area contributed by atoms with E-state index in [9.17, 15) is 9.59 Å². The third-order valence-corrected chi connectivity index (χ3v) is 5.07. The molecule has 0 bridgehead atoms. The normalized spacial score (nSPS) is 13.3. The molecule has 3 aromatic rings. The molecule has 30 heavy (non-hydrogen) atoms. The lowest BCUT2D eigenvalue weighted by molar-refractivity contribution is -0.123. The second-order valence-electron chi connectivity index (χ2n) is 7.33. The average Bonchev–Trinajstić information content (AvgIpc) is 2.90. The van der Waals surface area contributed by atoms with Gasteiger partial charge in [0, 0.05) is 6.54 Å². The standard InChI is InChI=1S/C25H23N3O2/c1-18-11-13-20(14-12-18)22-15-25(30)28(23-10-6-5-9-21(23)27-22)17-24(29)26-16-19-7-3-2-4-8-19/h2-14H,15-17H2,1H3,(H,26,29). The lowest BCUT2D eigenvalue weighted by Crippen LogP contribution is -2.40. The molecule has 0 spiro atoms. The zero-order chi connectivity index (χ0) is 20.9. The molecule has 4 rings (SSSR count). The summed E-state index contributed by atoms with van der Waals surface area (Å²) in [5, 5.41) is 2.90. The van der Waals surface area contributed by atoms with Crippen LogP contribution in [0.4, 0.5) is 11.4 Å². The number of aryl methyl sites for hydroxylation is 1. The maximum Gasteiger partial charge on any atom is 0.240 e. The molecule has 0 aliphatic carbocycles. The number of rotatable bonds is 5. The van der Waals surface area contributed by atoms with Crippen molar-refractivity contribution in [1.29, 1.82) is 0 Å². The van der Waals surface area contributed by atoms with Crippen molar-refractivity contribution in [3.63, 3.8) is 0 Å². The van der Waals surface area contributed by atoms with Gasteiger partial charge in [-0.25, -0.2) is 0 Å². The van der Waals surface area contributed by atoms with Crippen molar-refractivity contribution in [1.82, 2.24) is 5.32 Å². The predicted octanol–water partition coefficient (Wildman–Crippen LogP) is 4.17. The number of aliphatic imine (C=N–C) groups is 1. The van der Waals surface area contributed by atoms with E-state index in [-0.39, 0.29) is 24.8 Å². The van der Waals surface area contributed by atoms with Gasteiger partial charge in [-0.1, -0.05) is 72.3 Å². The minimum Gasteiger partial charge on any atom is -0.350 e. The monoisotopic (exact) mass is 397 g/mol. The summed E-state index contributed by atoms with van der Waals surface area (Å²) in [7, 11) is 0. The Labute approximate surface area is 176 Å². The van der Waals surface area contributed by atoms with Crippen LogP contribution in [0, 0.1) is 6.92 Å². The number of carbonyl (C=O) groups is 2. The Morgan fingerprint density at radius 3 is 2.43 bits per heavy atom. The van der Waals surface area contributed by atoms with E-state index >= 15 is 0 Å². The highest BCUT2D eigenvalue weighted by molar-refractivity contribution is 6.18. The number of amides is 2. The van der Waals surface area contributed by atoms with Gasteiger partial charge < -0.3 is 10.2 Å². The fraction of sp³-hybridized carbons (Fsp3) is 0.160. The summed E-state index contributed by atoms with van der Waals surface area (Å²) in [6.07, 6.45) is 0.143. The Balaban J connectivity index is 1.55. The van der Waals surface area contributed by atoms with Gasteiger partial charge in [0.15, 0.2) is 0 Å². The quantitative estimate of drug-likeness (QED) is 0.702. The fourth-order valence-electron chi connectivity index (χ4n) is 3.43. The minimum absolute atomic E-state index is 0.0423. The first-order valence-corrected chi connectivity index (χ1v) is 9.95. The van der Waals surface area contributed by atoms with Crippen molar-refractivity contribution in [2.75, 3.05) is 11.4 Å². The molecule has 0 fully saturated rings. The van der Waals surface area contributed by atoms with Crippen molar-refractivity contribution < 1.29 is 9.59 Å². The van der Waals surface area contributed by atoms with E-state index in [0.717, 1.165) is 16.7 Å². The van der Waals surface area contributed by atoms with Crippen LogP contribution in [0.25, 0.3) is 0 Å². The number of hydrogen-bond acceptors (Lipinski definition) is 3. The van der Waals surface area contributed by atoms with Crippen molar-refractivity contribution in [2.24, 2.45) is 4.99 Å². The van der Waals surface area contributed by atoms with Gasteiger partial charge >= 0.3 is 0 Å². The SMILES string of the molecule is Cc1ccc(C2=Nc3ccccc3N(CC(=O)NCc3ccccc3)C(=O)C2)cc1. The van der Waals surface area contributed by atoms with E-state index in [0.29, 0.717) is 23.6 Å². The molecular formula is C25H23N3O2. The topological polar surface area (TPSA) is 61.8 Å². The van der Waals surface area contributed by atoms with Crippen LogP contribution in [0.1, 0.15) is 23.1 Å². The zero-order valence-electron chi connectivity index (χ0n) is 16.8. The number of para-hydroxylation sites is 2. The molecule has 150 valence electrons. The predicted molar refractivity (Wildman–Crippen MR) is 119 cm³/mol. The molecule has 0 atom stereocenters. The number of benzene rings is 3. The zero-order valence-corrected chi connectivity index (χ0v) is 16.8. The number of anilines is 1. The molecule has 0 saturated carbocycles. The Morgan fingerprint density at radius 2 is 1.67 bits per heavy atom. The van der Waals surface area contributed by atoms with Gasteiger partial charge in [0.2, 0.25) is 11.8 Å². The first kappa shape index (κ1) is 19.6. The minimum atomic E-state index is -0.208. The van der Waals surface area contributed by atoms with E-state index in [1.807, 2.05) is 85.8 Å². The molecule has 0 unspecified atom stereocenters. The van der Waals surface area contributed by atoms with Crippen LogP contribution in [0.15, 0.2) is 83.9 Å². The van der Waals surface area contributed by atoms with Gasteiger partial charge in [-0.2, -0.15) is 0 Å². The van der Waals surface area contributed by atoms with Gasteiger partial charge in [-0.15, -0.1) is 0 Å². The Hall–Kier alpha value is -3.73. The lowest BCUT2D eigenvalue weighted by Gasteiger charge is -2.22. The Kier molecular flexibility index (Phi) is 5.70. The van der Waals surface area contributed by atoms with Crippen LogP contribution in [-0.4, -0.2) is 24.1 Å². The summed E-state index contributed by atoms with van der Waals surface area (Å²) in [5.74, 6) is -0.352. The molecule has 0 saturated heterocycles. The van der Waals surface area contributed by atoms with Crippen LogP contribution in [-0.2, 0) is 16.1 Å². The highest BCUT2D eigenvalue weighted by Crippen LogP contribution is 2.32. The molecule has 1 aliphatic rings. The van der Waals surface area contributed by atoms with E-state index in [4.69, 9.17) is 4.99 Å². The number of fused-ring (bicyclic) bond motifs is 1. The van der Waals surface area contributed by atoms with E-state index < -0.39 is 0 Å². The summed E-state index contributed by atoms with van der Waals surface area (Å²) < 4.78 is 0. The number of hydrogen-bond donors (Lipinski definition) is 1. The van der Waals surface area contributed by atoms with E-state index in [2.05, 4.69) is 5.32 Å². The molecule has 0 aromatic heterocycles. The largest absolute Gasteiger partial charge is 0.350 e. The summed E-state index contributed by atoms with van der Waals surface area (Å²) in [4.78, 5) is 32.0. The Bertz CT molecular complexity index is 1090. The number of nitrogens with one attached hydrogen (secondary N) is 1. The first-order chi connectivity index (χ1) is 14.6. The molecule has 2 amide bonds. The van der Waals surface area contributed by atoms with Crippen molar-refractivity contribution in [3.05, 3.63) is 95.6 Å². The van der Waals surface area contributed by atoms with Gasteiger partial charge in [0.25, 0.3) is 0 Å². The summed E-state index contributed by atoms with van der Waals surface area (Å²) in [6, 6.07) is 25.1. The highest BCUT2D eigenvalue weighted by Gasteiger charge is 2.26. The third kappa shape index (κ3) is 4.46. The smallest absolute Gasteiger partial charge is 0.240 e. The molecule has 1 N–H and O–H groups in total. The first-order valence-electron chi connectivity index (χ1n) is 9.95. The molecule has 3 aromatic carbocycles. The summed E-state index contributed by atoms with van der Waals surface area (Å²) in [6.45, 7) is 2.41. The van der Waals surface area contributed by atoms with Gasteiger partial charge in [0.1, 0.15) is 6.54 Å². The molecule has 1 aliphatic heterocycles. The van der Waals surface area contributed by atoms with Crippen LogP contribution in [0.5, 0.6) is 0 Å². The molecule has 5 heteroatoms. The summed E-state index contributed by atoms with van der Waals surface area (Å²) in [5.41, 5.74) is 5.13. The summed E-state index contributed by atoms with van der Waals surface area (Å²) >= 11 is 0. The van der Waals surface area contributed by atoms with E-state index in [1.54, 1.807) is 0 Å². The van der Waals surface area contributed by atoms with E-state index in [1.165, 1.54) is 4.90 Å². The van der Waals surface area contributed by atoms with Crippen molar-refractivity contribution in [2.45, 2.75) is 19.9 Å². The molecule has 5 nitrogen and oxygen atoms in total. The fourth-order valence-corrected chi connectivity index (χ4v) is 3.43. The maximum atomic E-state index is 13.1. The van der Waals surface area contributed by atoms with Gasteiger partial charge in [-0.3, -0.25) is 14.6 Å². The maximum absolute atomic E-state index is 13.1. The molecule has 1 heterocycles. The van der Waals surface area contributed by atoms with Crippen molar-refractivity contribution in [3.8, 4) is 0 Å². The van der Waals surface area contributed by atoms with Crippen LogP contribution < -0.4 is 10.2 Å². The molecule has 0 radical (unpaired) electrons. The second kappa shape index (κ2) is 8.74. The van der Waals surface area contributed by atoms with Gasteiger partial charge in [0.05, 0.1) is 23.5 Å². The third-order valence-electron chi connectivity index (χ3n) is 5.07. The highest BCUT2D eigenvalue weighted by atomic mass is 16.2.